The van der Waals surface area contributed by atoms with Gasteiger partial charge < -0.3 is 0 Å². The van der Waals surface area contributed by atoms with Crippen LogP contribution in [0, 0.1) is 5.92 Å². The molecule has 0 spiro atoms. The second-order valence-corrected chi connectivity index (χ2v) is 7.80. The summed E-state index contributed by atoms with van der Waals surface area (Å²) in [5.74, 6) is 0.552. The SMILES string of the molecule is C[C@@H]1CCc2sc(C(=O)N/N=C\c3cnn(-c4ccccc4)c3)cc2C1. The Balaban J connectivity index is 1.40. The van der Waals surface area contributed by atoms with Crippen molar-refractivity contribution in [3.63, 3.8) is 0 Å². The molecule has 1 aliphatic rings. The zero-order chi connectivity index (χ0) is 17.9. The molecule has 2 heterocycles. The first-order valence-corrected chi connectivity index (χ1v) is 9.56. The van der Waals surface area contributed by atoms with E-state index in [1.807, 2.05) is 42.6 Å². The monoisotopic (exact) mass is 364 g/mol. The Bertz CT molecular complexity index is 942. The van der Waals surface area contributed by atoms with Crippen LogP contribution in [0.2, 0.25) is 0 Å². The summed E-state index contributed by atoms with van der Waals surface area (Å²) in [4.78, 5) is 14.4. The van der Waals surface area contributed by atoms with E-state index in [2.05, 4.69) is 22.5 Å². The van der Waals surface area contributed by atoms with Gasteiger partial charge in [0.15, 0.2) is 0 Å². The highest BCUT2D eigenvalue weighted by Crippen LogP contribution is 2.32. The quantitative estimate of drug-likeness (QED) is 0.565. The van der Waals surface area contributed by atoms with E-state index in [-0.39, 0.29) is 5.91 Å². The molecule has 132 valence electrons. The number of amides is 1. The van der Waals surface area contributed by atoms with Crippen LogP contribution in [0.4, 0.5) is 0 Å². The van der Waals surface area contributed by atoms with Crippen molar-refractivity contribution in [3.05, 3.63) is 69.7 Å². The number of benzene rings is 1. The molecule has 0 aliphatic heterocycles. The summed E-state index contributed by atoms with van der Waals surface area (Å²) < 4.78 is 1.78. The number of thiophene rings is 1. The predicted molar refractivity (Wildman–Crippen MR) is 104 cm³/mol. The molecular formula is C20H20N4OS. The van der Waals surface area contributed by atoms with E-state index in [9.17, 15) is 4.79 Å². The molecule has 3 aromatic rings. The molecule has 1 amide bonds. The lowest BCUT2D eigenvalue weighted by molar-refractivity contribution is 0.0959. The first kappa shape index (κ1) is 16.7. The maximum Gasteiger partial charge on any atom is 0.281 e. The van der Waals surface area contributed by atoms with Crippen molar-refractivity contribution < 1.29 is 4.79 Å². The number of nitrogens with one attached hydrogen (secondary N) is 1. The van der Waals surface area contributed by atoms with Crippen LogP contribution in [0.25, 0.3) is 5.69 Å². The molecule has 0 saturated carbocycles. The number of hydrogen-bond donors (Lipinski definition) is 1. The average Bonchev–Trinajstić information content (AvgIpc) is 3.29. The Morgan fingerprint density at radius 3 is 3.08 bits per heavy atom. The van der Waals surface area contributed by atoms with Gasteiger partial charge in [0, 0.05) is 16.6 Å². The summed E-state index contributed by atoms with van der Waals surface area (Å²) in [5, 5.41) is 8.38. The molecule has 0 saturated heterocycles. The number of para-hydroxylation sites is 1. The highest BCUT2D eigenvalue weighted by atomic mass is 32.1. The molecule has 1 N–H and O–H groups in total. The van der Waals surface area contributed by atoms with Gasteiger partial charge in [-0.1, -0.05) is 25.1 Å². The molecule has 4 rings (SSSR count). The van der Waals surface area contributed by atoms with Crippen molar-refractivity contribution >= 4 is 23.5 Å². The molecule has 0 radical (unpaired) electrons. The molecule has 0 bridgehead atoms. The minimum atomic E-state index is -0.149. The van der Waals surface area contributed by atoms with E-state index in [4.69, 9.17) is 0 Å². The topological polar surface area (TPSA) is 59.3 Å². The predicted octanol–water partition coefficient (Wildman–Crippen LogP) is 3.82. The lowest BCUT2D eigenvalue weighted by Gasteiger charge is -2.16. The van der Waals surface area contributed by atoms with Crippen LogP contribution in [-0.2, 0) is 12.8 Å². The van der Waals surface area contributed by atoms with E-state index in [1.54, 1.807) is 28.4 Å². The summed E-state index contributed by atoms with van der Waals surface area (Å²) in [6.45, 7) is 2.26. The van der Waals surface area contributed by atoms with Crippen molar-refractivity contribution in [1.29, 1.82) is 0 Å². The molecule has 0 fully saturated rings. The minimum absolute atomic E-state index is 0.149. The fourth-order valence-corrected chi connectivity index (χ4v) is 4.26. The second kappa shape index (κ2) is 7.25. The fraction of sp³-hybridized carbons (Fsp3) is 0.250. The average molecular weight is 364 g/mol. The molecule has 1 atom stereocenters. The Kier molecular flexibility index (Phi) is 4.67. The summed E-state index contributed by atoms with van der Waals surface area (Å²) in [6, 6.07) is 11.9. The number of nitrogens with zero attached hydrogens (tertiary/aromatic N) is 3. The van der Waals surface area contributed by atoms with Crippen molar-refractivity contribution in [2.75, 3.05) is 0 Å². The van der Waals surface area contributed by atoms with Crippen LogP contribution in [0.3, 0.4) is 0 Å². The first-order chi connectivity index (χ1) is 12.7. The largest absolute Gasteiger partial charge is 0.281 e. The van der Waals surface area contributed by atoms with Gasteiger partial charge in [0.05, 0.1) is 23.0 Å². The number of fused-ring (bicyclic) bond motifs is 1. The minimum Gasteiger partial charge on any atom is -0.266 e. The van der Waals surface area contributed by atoms with Crippen LogP contribution in [-0.4, -0.2) is 21.9 Å². The Hall–Kier alpha value is -2.73. The maximum atomic E-state index is 12.3. The van der Waals surface area contributed by atoms with Crippen molar-refractivity contribution in [1.82, 2.24) is 15.2 Å². The highest BCUT2D eigenvalue weighted by Gasteiger charge is 2.20. The summed E-state index contributed by atoms with van der Waals surface area (Å²) in [7, 11) is 0. The lowest BCUT2D eigenvalue weighted by Crippen LogP contribution is -2.16. The molecule has 5 nitrogen and oxygen atoms in total. The van der Waals surface area contributed by atoms with E-state index >= 15 is 0 Å². The third-order valence-electron chi connectivity index (χ3n) is 4.56. The lowest BCUT2D eigenvalue weighted by atomic mass is 9.90. The van der Waals surface area contributed by atoms with E-state index in [1.165, 1.54) is 16.9 Å². The van der Waals surface area contributed by atoms with Gasteiger partial charge >= 0.3 is 0 Å². The van der Waals surface area contributed by atoms with Gasteiger partial charge in [0.25, 0.3) is 5.91 Å². The van der Waals surface area contributed by atoms with Gasteiger partial charge in [-0.25, -0.2) is 10.1 Å². The zero-order valence-electron chi connectivity index (χ0n) is 14.6. The van der Waals surface area contributed by atoms with Crippen molar-refractivity contribution in [2.45, 2.75) is 26.2 Å². The standard InChI is InChI=1S/C20H20N4OS/c1-14-7-8-18-16(9-14)10-19(26-18)20(25)23-21-11-15-12-22-24(13-15)17-5-3-2-4-6-17/h2-6,10-14H,7-9H2,1H3,(H,23,25)/b21-11-/t14-/m1/s1. The molecule has 2 aromatic heterocycles. The first-order valence-electron chi connectivity index (χ1n) is 8.74. The smallest absolute Gasteiger partial charge is 0.266 e. The van der Waals surface area contributed by atoms with Crippen LogP contribution in [0.1, 0.15) is 39.0 Å². The summed E-state index contributed by atoms with van der Waals surface area (Å²) in [5.41, 5.74) is 5.76. The van der Waals surface area contributed by atoms with Gasteiger partial charge in [-0.2, -0.15) is 10.2 Å². The molecule has 1 aliphatic carbocycles. The number of aromatic nitrogens is 2. The van der Waals surface area contributed by atoms with Crippen LogP contribution in [0.15, 0.2) is 53.9 Å². The summed E-state index contributed by atoms with van der Waals surface area (Å²) >= 11 is 1.59. The van der Waals surface area contributed by atoms with Crippen LogP contribution in [0.5, 0.6) is 0 Å². The van der Waals surface area contributed by atoms with Gasteiger partial charge in [-0.15, -0.1) is 11.3 Å². The van der Waals surface area contributed by atoms with Crippen molar-refractivity contribution in [2.24, 2.45) is 11.0 Å². The third-order valence-corrected chi connectivity index (χ3v) is 5.79. The highest BCUT2D eigenvalue weighted by molar-refractivity contribution is 7.14. The van der Waals surface area contributed by atoms with Gasteiger partial charge in [0.1, 0.15) is 0 Å². The van der Waals surface area contributed by atoms with Gasteiger partial charge in [0.2, 0.25) is 0 Å². The Morgan fingerprint density at radius 2 is 2.23 bits per heavy atom. The number of rotatable bonds is 4. The number of hydrazone groups is 1. The van der Waals surface area contributed by atoms with Gasteiger partial charge in [-0.3, -0.25) is 4.79 Å². The van der Waals surface area contributed by atoms with E-state index in [0.717, 1.165) is 29.0 Å². The third kappa shape index (κ3) is 3.60. The maximum absolute atomic E-state index is 12.3. The van der Waals surface area contributed by atoms with Crippen molar-refractivity contribution in [3.8, 4) is 5.69 Å². The van der Waals surface area contributed by atoms with Crippen LogP contribution < -0.4 is 5.43 Å². The van der Waals surface area contributed by atoms with Crippen LogP contribution >= 0.6 is 11.3 Å². The molecule has 0 unspecified atom stereocenters. The normalized spacial score (nSPS) is 16.6. The number of aryl methyl sites for hydroxylation is 1. The van der Waals surface area contributed by atoms with E-state index in [0.29, 0.717) is 5.92 Å². The molecule has 6 heteroatoms. The number of carbonyl (C=O) groups is 1. The zero-order valence-corrected chi connectivity index (χ0v) is 15.4. The molecular weight excluding hydrogens is 344 g/mol. The van der Waals surface area contributed by atoms with Gasteiger partial charge in [-0.05, 0) is 48.9 Å². The molecule has 26 heavy (non-hydrogen) atoms. The molecule has 1 aromatic carbocycles. The van der Waals surface area contributed by atoms with E-state index < -0.39 is 0 Å². The second-order valence-electron chi connectivity index (χ2n) is 6.66. The Labute approximate surface area is 156 Å². The fourth-order valence-electron chi connectivity index (χ4n) is 3.16. The summed E-state index contributed by atoms with van der Waals surface area (Å²) in [6.07, 6.45) is 8.56. The Morgan fingerprint density at radius 1 is 1.38 bits per heavy atom. The number of hydrogen-bond acceptors (Lipinski definition) is 4. The number of carbonyl (C=O) groups excluding carboxylic acids is 1.